The summed E-state index contributed by atoms with van der Waals surface area (Å²) in [5.41, 5.74) is 6.08. The molecule has 1 amide bonds. The van der Waals surface area contributed by atoms with Crippen molar-refractivity contribution in [3.05, 3.63) is 24.0 Å². The monoisotopic (exact) mass is 282 g/mol. The molecule has 0 aliphatic carbocycles. The summed E-state index contributed by atoms with van der Waals surface area (Å²) in [6, 6.07) is 4.10. The van der Waals surface area contributed by atoms with E-state index in [1.165, 1.54) is 18.2 Å². The summed E-state index contributed by atoms with van der Waals surface area (Å²) in [6.07, 6.45) is 1.94. The third-order valence-electron chi connectivity index (χ3n) is 2.80. The van der Waals surface area contributed by atoms with Crippen LogP contribution in [0.4, 0.5) is 15.8 Å². The molecule has 0 heterocycles. The fraction of sp³-hybridized carbons (Fsp3) is 0.533. The number of benzene rings is 1. The summed E-state index contributed by atoms with van der Waals surface area (Å²) in [7, 11) is 0. The summed E-state index contributed by atoms with van der Waals surface area (Å²) >= 11 is 0. The maximum Gasteiger partial charge on any atom is 0.224 e. The van der Waals surface area contributed by atoms with Gasteiger partial charge in [-0.2, -0.15) is 0 Å². The molecule has 0 bridgehead atoms. The third kappa shape index (κ3) is 6.52. The van der Waals surface area contributed by atoms with Gasteiger partial charge in [-0.15, -0.1) is 0 Å². The van der Waals surface area contributed by atoms with E-state index in [1.807, 2.05) is 0 Å². The molecule has 1 aromatic rings. The summed E-state index contributed by atoms with van der Waals surface area (Å²) in [5, 5.41) is 2.51. The highest BCUT2D eigenvalue weighted by Crippen LogP contribution is 2.17. The average Bonchev–Trinajstić information content (AvgIpc) is 2.37. The first-order valence-electron chi connectivity index (χ1n) is 6.91. The van der Waals surface area contributed by atoms with E-state index in [2.05, 4.69) is 19.2 Å². The Bertz CT molecular complexity index is 436. The Balaban J connectivity index is 2.22. The van der Waals surface area contributed by atoms with Gasteiger partial charge in [0.2, 0.25) is 5.91 Å². The minimum absolute atomic E-state index is 0.121. The molecule has 112 valence electrons. The van der Waals surface area contributed by atoms with Gasteiger partial charge in [-0.05, 0) is 37.0 Å². The third-order valence-corrected chi connectivity index (χ3v) is 2.80. The van der Waals surface area contributed by atoms with E-state index in [-0.39, 0.29) is 11.6 Å². The number of ether oxygens (including phenoxy) is 1. The van der Waals surface area contributed by atoms with Gasteiger partial charge >= 0.3 is 0 Å². The van der Waals surface area contributed by atoms with Gasteiger partial charge in [-0.25, -0.2) is 4.39 Å². The van der Waals surface area contributed by atoms with Gasteiger partial charge in [0.25, 0.3) is 0 Å². The van der Waals surface area contributed by atoms with Gasteiger partial charge in [-0.1, -0.05) is 13.8 Å². The number of amides is 1. The van der Waals surface area contributed by atoms with Gasteiger partial charge in [0.05, 0.1) is 5.69 Å². The lowest BCUT2D eigenvalue weighted by molar-refractivity contribution is -0.116. The Hall–Kier alpha value is -1.62. The van der Waals surface area contributed by atoms with Crippen molar-refractivity contribution in [3.8, 4) is 0 Å². The van der Waals surface area contributed by atoms with Crippen LogP contribution in [0.1, 0.15) is 33.1 Å². The Labute approximate surface area is 119 Å². The lowest BCUT2D eigenvalue weighted by Crippen LogP contribution is -2.13. The zero-order chi connectivity index (χ0) is 15.0. The summed E-state index contributed by atoms with van der Waals surface area (Å²) in [6.45, 7) is 5.52. The van der Waals surface area contributed by atoms with Crippen LogP contribution in [-0.4, -0.2) is 19.1 Å². The number of anilines is 2. The molecule has 0 radical (unpaired) electrons. The Kier molecular flexibility index (Phi) is 7.01. The van der Waals surface area contributed by atoms with Crippen molar-refractivity contribution in [1.29, 1.82) is 0 Å². The molecule has 20 heavy (non-hydrogen) atoms. The van der Waals surface area contributed by atoms with E-state index in [0.717, 1.165) is 6.42 Å². The van der Waals surface area contributed by atoms with Crippen molar-refractivity contribution in [2.75, 3.05) is 24.3 Å². The van der Waals surface area contributed by atoms with E-state index < -0.39 is 5.82 Å². The second kappa shape index (κ2) is 8.53. The van der Waals surface area contributed by atoms with E-state index in [9.17, 15) is 9.18 Å². The van der Waals surface area contributed by atoms with E-state index >= 15 is 0 Å². The van der Waals surface area contributed by atoms with Crippen LogP contribution in [0.2, 0.25) is 0 Å². The second-order valence-corrected chi connectivity index (χ2v) is 5.19. The summed E-state index contributed by atoms with van der Waals surface area (Å²) in [5.74, 6) is -0.104. The maximum atomic E-state index is 13.4. The van der Waals surface area contributed by atoms with E-state index in [0.29, 0.717) is 37.7 Å². The normalized spacial score (nSPS) is 10.8. The smallest absolute Gasteiger partial charge is 0.224 e. The first kappa shape index (κ1) is 16.4. The molecule has 0 aliphatic rings. The van der Waals surface area contributed by atoms with Gasteiger partial charge in [0.1, 0.15) is 5.82 Å². The maximum absolute atomic E-state index is 13.4. The van der Waals surface area contributed by atoms with Crippen LogP contribution in [-0.2, 0) is 9.53 Å². The fourth-order valence-corrected chi connectivity index (χ4v) is 1.61. The molecule has 0 saturated carbocycles. The average molecular weight is 282 g/mol. The predicted octanol–water partition coefficient (Wildman–Crippen LogP) is 3.19. The number of halogens is 1. The molecule has 1 rings (SSSR count). The minimum atomic E-state index is -0.485. The van der Waals surface area contributed by atoms with Gasteiger partial charge in [0, 0.05) is 25.3 Å². The molecule has 1 aromatic carbocycles. The lowest BCUT2D eigenvalue weighted by Gasteiger charge is -2.08. The second-order valence-electron chi connectivity index (χ2n) is 5.19. The molecule has 0 saturated heterocycles. The molecule has 0 atom stereocenters. The molecular formula is C15H23FN2O2. The van der Waals surface area contributed by atoms with Crippen molar-refractivity contribution in [1.82, 2.24) is 0 Å². The van der Waals surface area contributed by atoms with Crippen molar-refractivity contribution in [3.63, 3.8) is 0 Å². The highest BCUT2D eigenvalue weighted by molar-refractivity contribution is 5.91. The van der Waals surface area contributed by atoms with Crippen LogP contribution < -0.4 is 11.1 Å². The van der Waals surface area contributed by atoms with E-state index in [4.69, 9.17) is 10.5 Å². The molecule has 0 unspecified atom stereocenters. The zero-order valence-corrected chi connectivity index (χ0v) is 12.1. The van der Waals surface area contributed by atoms with Crippen molar-refractivity contribution < 1.29 is 13.9 Å². The standard InChI is InChI=1S/C15H23FN2O2/c1-11(2)7-9-20-8-3-4-15(19)18-14-10-12(17)5-6-13(14)16/h5-6,10-11H,3-4,7-9,17H2,1-2H3,(H,18,19). The van der Waals surface area contributed by atoms with Crippen LogP contribution >= 0.6 is 0 Å². The highest BCUT2D eigenvalue weighted by atomic mass is 19.1. The molecule has 4 nitrogen and oxygen atoms in total. The number of nitrogens with one attached hydrogen (secondary N) is 1. The minimum Gasteiger partial charge on any atom is -0.399 e. The Morgan fingerprint density at radius 2 is 2.15 bits per heavy atom. The topological polar surface area (TPSA) is 64.3 Å². The molecule has 0 aliphatic heterocycles. The van der Waals surface area contributed by atoms with Crippen LogP contribution in [0.15, 0.2) is 18.2 Å². The molecule has 3 N–H and O–H groups in total. The van der Waals surface area contributed by atoms with Crippen molar-refractivity contribution in [2.45, 2.75) is 33.1 Å². The number of hydrogen-bond acceptors (Lipinski definition) is 3. The number of nitrogen functional groups attached to an aromatic ring is 1. The summed E-state index contributed by atoms with van der Waals surface area (Å²) < 4.78 is 18.8. The van der Waals surface area contributed by atoms with Crippen LogP contribution in [0.25, 0.3) is 0 Å². The largest absolute Gasteiger partial charge is 0.399 e. The molecule has 0 aromatic heterocycles. The number of nitrogens with two attached hydrogens (primary N) is 1. The first-order valence-corrected chi connectivity index (χ1v) is 6.91. The zero-order valence-electron chi connectivity index (χ0n) is 12.1. The van der Waals surface area contributed by atoms with Crippen molar-refractivity contribution in [2.24, 2.45) is 5.92 Å². The predicted molar refractivity (Wildman–Crippen MR) is 79.0 cm³/mol. The SMILES string of the molecule is CC(C)CCOCCCC(=O)Nc1cc(N)ccc1F. The van der Waals surface area contributed by atoms with Gasteiger partial charge in [0.15, 0.2) is 0 Å². The fourth-order valence-electron chi connectivity index (χ4n) is 1.61. The number of rotatable bonds is 8. The van der Waals surface area contributed by atoms with Crippen LogP contribution in [0.5, 0.6) is 0 Å². The van der Waals surface area contributed by atoms with Crippen molar-refractivity contribution >= 4 is 17.3 Å². The highest BCUT2D eigenvalue weighted by Gasteiger charge is 2.07. The molecule has 0 fully saturated rings. The van der Waals surface area contributed by atoms with Crippen LogP contribution in [0.3, 0.4) is 0 Å². The first-order chi connectivity index (χ1) is 9.49. The number of carbonyl (C=O) groups is 1. The quantitative estimate of drug-likeness (QED) is 0.568. The molecular weight excluding hydrogens is 259 g/mol. The van der Waals surface area contributed by atoms with E-state index in [1.54, 1.807) is 0 Å². The number of hydrogen-bond donors (Lipinski definition) is 2. The van der Waals surface area contributed by atoms with Crippen LogP contribution in [0, 0.1) is 11.7 Å². The Morgan fingerprint density at radius 3 is 2.85 bits per heavy atom. The molecule has 5 heteroatoms. The summed E-state index contributed by atoms with van der Waals surface area (Å²) in [4.78, 5) is 11.6. The molecule has 0 spiro atoms. The Morgan fingerprint density at radius 1 is 1.40 bits per heavy atom. The van der Waals surface area contributed by atoms with Gasteiger partial charge in [-0.3, -0.25) is 4.79 Å². The lowest BCUT2D eigenvalue weighted by atomic mass is 10.1. The number of carbonyl (C=O) groups excluding carboxylic acids is 1. The van der Waals surface area contributed by atoms with Gasteiger partial charge < -0.3 is 15.8 Å².